The molecular formula is C11H21N3O2S. The second kappa shape index (κ2) is 5.08. The van der Waals surface area contributed by atoms with Crippen molar-refractivity contribution >= 4 is 23.4 Å². The second-order valence-corrected chi connectivity index (χ2v) is 5.73. The van der Waals surface area contributed by atoms with Gasteiger partial charge in [-0.25, -0.2) is 4.79 Å². The van der Waals surface area contributed by atoms with Gasteiger partial charge in [0.15, 0.2) is 5.11 Å². The Balaban J connectivity index is 2.58. The second-order valence-electron chi connectivity index (χ2n) is 5.31. The highest BCUT2D eigenvalue weighted by molar-refractivity contribution is 7.80. The molecule has 0 saturated carbocycles. The zero-order valence-electron chi connectivity index (χ0n) is 10.9. The average Bonchev–Trinajstić information content (AvgIpc) is 2.14. The SMILES string of the molecule is CC1CN(C(N)=S)CCN1C(=O)OC(C)(C)C. The molecule has 1 fully saturated rings. The highest BCUT2D eigenvalue weighted by Gasteiger charge is 2.30. The van der Waals surface area contributed by atoms with Crippen molar-refractivity contribution in [2.45, 2.75) is 39.3 Å². The van der Waals surface area contributed by atoms with Gasteiger partial charge >= 0.3 is 6.09 Å². The van der Waals surface area contributed by atoms with Crippen molar-refractivity contribution < 1.29 is 9.53 Å². The van der Waals surface area contributed by atoms with Gasteiger partial charge in [-0.15, -0.1) is 0 Å². The lowest BCUT2D eigenvalue weighted by Crippen LogP contribution is -2.57. The van der Waals surface area contributed by atoms with Crippen molar-refractivity contribution in [2.24, 2.45) is 5.73 Å². The van der Waals surface area contributed by atoms with E-state index in [2.05, 4.69) is 0 Å². The summed E-state index contributed by atoms with van der Waals surface area (Å²) in [7, 11) is 0. The van der Waals surface area contributed by atoms with Crippen LogP contribution in [0.2, 0.25) is 0 Å². The number of carbonyl (C=O) groups is 1. The number of ether oxygens (including phenoxy) is 1. The summed E-state index contributed by atoms with van der Waals surface area (Å²) in [5.74, 6) is 0. The van der Waals surface area contributed by atoms with Gasteiger partial charge < -0.3 is 20.3 Å². The Morgan fingerprint density at radius 1 is 1.41 bits per heavy atom. The largest absolute Gasteiger partial charge is 0.444 e. The Kier molecular flexibility index (Phi) is 4.19. The van der Waals surface area contributed by atoms with Crippen molar-refractivity contribution in [3.63, 3.8) is 0 Å². The molecule has 0 bridgehead atoms. The van der Waals surface area contributed by atoms with Gasteiger partial charge in [-0.05, 0) is 39.9 Å². The maximum Gasteiger partial charge on any atom is 0.410 e. The van der Waals surface area contributed by atoms with Crippen LogP contribution < -0.4 is 5.73 Å². The van der Waals surface area contributed by atoms with Crippen LogP contribution in [-0.4, -0.2) is 52.3 Å². The standard InChI is InChI=1S/C11H21N3O2S/c1-8-7-13(9(12)17)5-6-14(8)10(15)16-11(2,3)4/h8H,5-7H2,1-4H3,(H2,12,17). The quantitative estimate of drug-likeness (QED) is 0.662. The molecule has 0 aromatic heterocycles. The first-order valence-electron chi connectivity index (χ1n) is 5.74. The van der Waals surface area contributed by atoms with Crippen molar-refractivity contribution in [3.05, 3.63) is 0 Å². The van der Waals surface area contributed by atoms with Crippen LogP contribution in [0.25, 0.3) is 0 Å². The van der Waals surface area contributed by atoms with Gasteiger partial charge in [0.25, 0.3) is 0 Å². The van der Waals surface area contributed by atoms with Gasteiger partial charge in [-0.1, -0.05) is 0 Å². The first-order valence-corrected chi connectivity index (χ1v) is 6.15. The zero-order chi connectivity index (χ0) is 13.2. The molecule has 0 radical (unpaired) electrons. The van der Waals surface area contributed by atoms with Crippen LogP contribution in [-0.2, 0) is 4.74 Å². The van der Waals surface area contributed by atoms with E-state index >= 15 is 0 Å². The number of nitrogens with two attached hydrogens (primary N) is 1. The zero-order valence-corrected chi connectivity index (χ0v) is 11.7. The molecule has 5 nitrogen and oxygen atoms in total. The molecule has 6 heteroatoms. The first-order chi connectivity index (χ1) is 7.70. The molecule has 1 saturated heterocycles. The van der Waals surface area contributed by atoms with Gasteiger partial charge in [0.1, 0.15) is 5.60 Å². The summed E-state index contributed by atoms with van der Waals surface area (Å²) in [6, 6.07) is 0.0556. The van der Waals surface area contributed by atoms with Crippen LogP contribution in [0.3, 0.4) is 0 Å². The molecule has 1 aliphatic heterocycles. The lowest BCUT2D eigenvalue weighted by atomic mass is 10.2. The molecule has 1 unspecified atom stereocenters. The van der Waals surface area contributed by atoms with E-state index in [4.69, 9.17) is 22.7 Å². The summed E-state index contributed by atoms with van der Waals surface area (Å²) < 4.78 is 5.35. The number of amides is 1. The number of rotatable bonds is 0. The Labute approximate surface area is 108 Å². The predicted octanol–water partition coefficient (Wildman–Crippen LogP) is 1.17. The lowest BCUT2D eigenvalue weighted by molar-refractivity contribution is 0.00782. The Bertz CT molecular complexity index is 314. The molecule has 0 aromatic rings. The van der Waals surface area contributed by atoms with Crippen LogP contribution in [0, 0.1) is 0 Å². The molecule has 0 aliphatic carbocycles. The molecule has 2 N–H and O–H groups in total. The van der Waals surface area contributed by atoms with Crippen LogP contribution in [0.1, 0.15) is 27.7 Å². The summed E-state index contributed by atoms with van der Waals surface area (Å²) in [5, 5.41) is 0.390. The number of hydrogen-bond donors (Lipinski definition) is 1. The normalized spacial score (nSPS) is 21.3. The number of hydrogen-bond acceptors (Lipinski definition) is 3. The Morgan fingerprint density at radius 3 is 2.41 bits per heavy atom. The molecule has 0 aromatic carbocycles. The molecule has 0 spiro atoms. The van der Waals surface area contributed by atoms with E-state index in [1.54, 1.807) is 4.90 Å². The summed E-state index contributed by atoms with van der Waals surface area (Å²) in [6.07, 6.45) is -0.271. The van der Waals surface area contributed by atoms with Gasteiger partial charge in [-0.2, -0.15) is 0 Å². The summed E-state index contributed by atoms with van der Waals surface area (Å²) in [5.41, 5.74) is 5.11. The molecule has 1 amide bonds. The van der Waals surface area contributed by atoms with E-state index in [0.29, 0.717) is 24.7 Å². The fourth-order valence-electron chi connectivity index (χ4n) is 1.75. The fourth-order valence-corrected chi connectivity index (χ4v) is 1.92. The monoisotopic (exact) mass is 259 g/mol. The van der Waals surface area contributed by atoms with E-state index in [0.717, 1.165) is 0 Å². The molecule has 1 heterocycles. The third-order valence-corrected chi connectivity index (χ3v) is 2.83. The summed E-state index contributed by atoms with van der Waals surface area (Å²) >= 11 is 4.93. The number of piperazine rings is 1. The minimum Gasteiger partial charge on any atom is -0.444 e. The van der Waals surface area contributed by atoms with Crippen molar-refractivity contribution in [1.82, 2.24) is 9.80 Å². The van der Waals surface area contributed by atoms with E-state index in [1.807, 2.05) is 32.6 Å². The van der Waals surface area contributed by atoms with E-state index < -0.39 is 5.60 Å². The molecule has 98 valence electrons. The van der Waals surface area contributed by atoms with Gasteiger partial charge in [0.2, 0.25) is 0 Å². The molecule has 1 aliphatic rings. The van der Waals surface area contributed by atoms with Crippen LogP contribution >= 0.6 is 12.2 Å². The van der Waals surface area contributed by atoms with Crippen molar-refractivity contribution in [1.29, 1.82) is 0 Å². The summed E-state index contributed by atoms with van der Waals surface area (Å²) in [6.45, 7) is 9.47. The smallest absolute Gasteiger partial charge is 0.410 e. The van der Waals surface area contributed by atoms with Gasteiger partial charge in [0, 0.05) is 25.7 Å². The van der Waals surface area contributed by atoms with Crippen molar-refractivity contribution in [2.75, 3.05) is 19.6 Å². The fraction of sp³-hybridized carbons (Fsp3) is 0.818. The van der Waals surface area contributed by atoms with Gasteiger partial charge in [-0.3, -0.25) is 0 Å². The predicted molar refractivity (Wildman–Crippen MR) is 70.8 cm³/mol. The molecule has 1 rings (SSSR count). The summed E-state index contributed by atoms with van der Waals surface area (Å²) in [4.78, 5) is 15.5. The minimum atomic E-state index is -0.461. The third-order valence-electron chi connectivity index (χ3n) is 2.57. The van der Waals surface area contributed by atoms with Gasteiger partial charge in [0.05, 0.1) is 0 Å². The Hall–Kier alpha value is -1.04. The lowest BCUT2D eigenvalue weighted by Gasteiger charge is -2.40. The molecule has 1 atom stereocenters. The van der Waals surface area contributed by atoms with Crippen LogP contribution in [0.5, 0.6) is 0 Å². The first kappa shape index (κ1) is 14.0. The highest BCUT2D eigenvalue weighted by atomic mass is 32.1. The van der Waals surface area contributed by atoms with Crippen molar-refractivity contribution in [3.8, 4) is 0 Å². The Morgan fingerprint density at radius 2 is 2.00 bits per heavy atom. The van der Waals surface area contributed by atoms with Crippen LogP contribution in [0.15, 0.2) is 0 Å². The number of carbonyl (C=O) groups excluding carboxylic acids is 1. The number of thiocarbonyl (C=S) groups is 1. The minimum absolute atomic E-state index is 0.0556. The topological polar surface area (TPSA) is 58.8 Å². The third kappa shape index (κ3) is 4.03. The maximum atomic E-state index is 11.9. The van der Waals surface area contributed by atoms with Crippen LogP contribution in [0.4, 0.5) is 4.79 Å². The maximum absolute atomic E-state index is 11.9. The molecule has 17 heavy (non-hydrogen) atoms. The average molecular weight is 259 g/mol. The van der Waals surface area contributed by atoms with E-state index in [9.17, 15) is 4.79 Å². The van der Waals surface area contributed by atoms with E-state index in [-0.39, 0.29) is 12.1 Å². The highest BCUT2D eigenvalue weighted by Crippen LogP contribution is 2.15. The molecular weight excluding hydrogens is 238 g/mol. The van der Waals surface area contributed by atoms with E-state index in [1.165, 1.54) is 0 Å². The number of nitrogens with zero attached hydrogens (tertiary/aromatic N) is 2.